The van der Waals surface area contributed by atoms with Crippen LogP contribution in [0.3, 0.4) is 0 Å². The molecule has 0 aliphatic carbocycles. The predicted octanol–water partition coefficient (Wildman–Crippen LogP) is 4.01. The molecule has 4 rings (SSSR count). The summed E-state index contributed by atoms with van der Waals surface area (Å²) in [6, 6.07) is 10.9. The maximum atomic E-state index is 13.0. The number of alkyl halides is 2. The van der Waals surface area contributed by atoms with Crippen molar-refractivity contribution in [3.8, 4) is 17.0 Å². The molecular formula is C22H20F2N4O3. The minimum Gasteiger partial charge on any atom is -0.485 e. The van der Waals surface area contributed by atoms with E-state index in [0.29, 0.717) is 28.2 Å². The number of ether oxygens (including phenoxy) is 1. The Labute approximate surface area is 177 Å². The van der Waals surface area contributed by atoms with Gasteiger partial charge in [0.05, 0.1) is 36.2 Å². The van der Waals surface area contributed by atoms with Crippen LogP contribution in [0.5, 0.6) is 5.75 Å². The number of rotatable bonds is 6. The number of nitrogens with one attached hydrogen (secondary N) is 2. The number of aromatic nitrogens is 2. The van der Waals surface area contributed by atoms with Gasteiger partial charge in [-0.05, 0) is 18.2 Å². The van der Waals surface area contributed by atoms with Gasteiger partial charge in [0.1, 0.15) is 12.4 Å². The van der Waals surface area contributed by atoms with Gasteiger partial charge in [0.25, 0.3) is 6.43 Å². The number of halogens is 2. The fourth-order valence-electron chi connectivity index (χ4n) is 3.55. The van der Waals surface area contributed by atoms with Gasteiger partial charge in [-0.15, -0.1) is 0 Å². The van der Waals surface area contributed by atoms with E-state index in [-0.39, 0.29) is 30.5 Å². The van der Waals surface area contributed by atoms with E-state index in [0.717, 1.165) is 5.69 Å². The number of nitrogens with zero attached hydrogens (tertiary/aromatic N) is 2. The molecule has 3 heterocycles. The SMILES string of the molecule is CC(=O)N1CC(=O)c2c([nH]c(-c3ccncc3OCC(F)F)c2Nc2ccccc2)C1. The number of carbonyl (C=O) groups excluding carboxylic acids is 2. The number of hydrogen-bond acceptors (Lipinski definition) is 5. The lowest BCUT2D eigenvalue weighted by molar-refractivity contribution is -0.129. The molecule has 1 amide bonds. The number of anilines is 2. The number of aromatic amines is 1. The molecule has 3 aromatic rings. The summed E-state index contributed by atoms with van der Waals surface area (Å²) in [6.07, 6.45) is 0.228. The summed E-state index contributed by atoms with van der Waals surface area (Å²) < 4.78 is 30.7. The highest BCUT2D eigenvalue weighted by molar-refractivity contribution is 6.09. The minimum atomic E-state index is -2.64. The first kappa shape index (κ1) is 20.5. The first-order chi connectivity index (χ1) is 14.9. The lowest BCUT2D eigenvalue weighted by Gasteiger charge is -2.25. The third kappa shape index (κ3) is 4.25. The van der Waals surface area contributed by atoms with Crippen LogP contribution in [0, 0.1) is 0 Å². The number of pyridine rings is 1. The fourth-order valence-corrected chi connectivity index (χ4v) is 3.55. The summed E-state index contributed by atoms with van der Waals surface area (Å²) in [7, 11) is 0. The van der Waals surface area contributed by atoms with Crippen LogP contribution in [0.25, 0.3) is 11.3 Å². The van der Waals surface area contributed by atoms with E-state index >= 15 is 0 Å². The molecule has 9 heteroatoms. The summed E-state index contributed by atoms with van der Waals surface area (Å²) in [5.74, 6) is -0.271. The average molecular weight is 426 g/mol. The molecule has 0 atom stereocenters. The van der Waals surface area contributed by atoms with Gasteiger partial charge in [0, 0.05) is 30.1 Å². The standard InChI is InChI=1S/C22H20F2N4O3/c1-13(29)28-10-16-20(17(30)11-28)22(26-14-5-3-2-4-6-14)21(27-16)15-7-8-25-9-18(15)31-12-19(23)24/h2-9,19,26-27H,10-12H2,1H3. The number of benzene rings is 1. The fraction of sp³-hybridized carbons (Fsp3) is 0.227. The molecule has 1 aliphatic heterocycles. The Balaban J connectivity index is 1.84. The first-order valence-corrected chi connectivity index (χ1v) is 9.65. The first-order valence-electron chi connectivity index (χ1n) is 9.65. The summed E-state index contributed by atoms with van der Waals surface area (Å²) in [6.45, 7) is 0.828. The Hall–Kier alpha value is -3.75. The summed E-state index contributed by atoms with van der Waals surface area (Å²) in [5.41, 5.74) is 3.23. The minimum absolute atomic E-state index is 0.0336. The zero-order valence-corrected chi connectivity index (χ0v) is 16.7. The molecule has 0 bridgehead atoms. The number of amides is 1. The molecule has 1 aromatic carbocycles. The normalized spacial score (nSPS) is 13.3. The summed E-state index contributed by atoms with van der Waals surface area (Å²) in [5, 5.41) is 3.27. The van der Waals surface area contributed by atoms with Crippen LogP contribution in [0.15, 0.2) is 48.8 Å². The van der Waals surface area contributed by atoms with Gasteiger partial charge in [-0.3, -0.25) is 14.6 Å². The van der Waals surface area contributed by atoms with Crippen molar-refractivity contribution in [1.82, 2.24) is 14.9 Å². The van der Waals surface area contributed by atoms with Crippen LogP contribution in [0.2, 0.25) is 0 Å². The van der Waals surface area contributed by atoms with E-state index in [1.807, 2.05) is 30.3 Å². The Bertz CT molecular complexity index is 1120. The lowest BCUT2D eigenvalue weighted by Crippen LogP contribution is -2.38. The van der Waals surface area contributed by atoms with Crippen molar-refractivity contribution in [3.05, 3.63) is 60.0 Å². The molecule has 2 aromatic heterocycles. The maximum Gasteiger partial charge on any atom is 0.272 e. The van der Waals surface area contributed by atoms with Gasteiger partial charge in [-0.25, -0.2) is 8.78 Å². The predicted molar refractivity (Wildman–Crippen MR) is 111 cm³/mol. The Morgan fingerprint density at radius 3 is 2.74 bits per heavy atom. The van der Waals surface area contributed by atoms with Gasteiger partial charge in [0.15, 0.2) is 5.78 Å². The second-order valence-corrected chi connectivity index (χ2v) is 7.09. The van der Waals surface area contributed by atoms with E-state index < -0.39 is 13.0 Å². The highest BCUT2D eigenvalue weighted by Gasteiger charge is 2.32. The van der Waals surface area contributed by atoms with Gasteiger partial charge in [-0.2, -0.15) is 0 Å². The summed E-state index contributed by atoms with van der Waals surface area (Å²) >= 11 is 0. The van der Waals surface area contributed by atoms with Gasteiger partial charge < -0.3 is 19.9 Å². The van der Waals surface area contributed by atoms with Gasteiger partial charge in [0.2, 0.25) is 5.91 Å². The third-order valence-electron chi connectivity index (χ3n) is 4.95. The number of fused-ring (bicyclic) bond motifs is 1. The van der Waals surface area contributed by atoms with Crippen LogP contribution in [-0.2, 0) is 11.3 Å². The lowest BCUT2D eigenvalue weighted by atomic mass is 10.0. The van der Waals surface area contributed by atoms with E-state index in [9.17, 15) is 18.4 Å². The molecule has 31 heavy (non-hydrogen) atoms. The number of ketones is 1. The molecule has 0 saturated carbocycles. The topological polar surface area (TPSA) is 87.3 Å². The number of carbonyl (C=O) groups is 2. The average Bonchev–Trinajstić information content (AvgIpc) is 3.11. The molecule has 2 N–H and O–H groups in total. The second kappa shape index (κ2) is 8.55. The number of Topliss-reactive ketones (excluding diaryl/α,β-unsaturated/α-hetero) is 1. The van der Waals surface area contributed by atoms with E-state index in [2.05, 4.69) is 15.3 Å². The summed E-state index contributed by atoms with van der Waals surface area (Å²) in [4.78, 5) is 33.4. The molecule has 7 nitrogen and oxygen atoms in total. The quantitative estimate of drug-likeness (QED) is 0.622. The zero-order valence-electron chi connectivity index (χ0n) is 16.7. The van der Waals surface area contributed by atoms with Crippen molar-refractivity contribution in [2.75, 3.05) is 18.5 Å². The van der Waals surface area contributed by atoms with E-state index in [1.165, 1.54) is 24.2 Å². The van der Waals surface area contributed by atoms with Crippen LogP contribution < -0.4 is 10.1 Å². The molecular weight excluding hydrogens is 406 g/mol. The number of H-pyrrole nitrogens is 1. The molecule has 0 radical (unpaired) electrons. The van der Waals surface area contributed by atoms with Gasteiger partial charge >= 0.3 is 0 Å². The highest BCUT2D eigenvalue weighted by Crippen LogP contribution is 2.41. The van der Waals surface area contributed by atoms with Crippen LogP contribution in [-0.4, -0.2) is 46.1 Å². The Morgan fingerprint density at radius 2 is 2.03 bits per heavy atom. The number of hydrogen-bond donors (Lipinski definition) is 2. The van der Waals surface area contributed by atoms with E-state index in [1.54, 1.807) is 6.07 Å². The van der Waals surface area contributed by atoms with Crippen molar-refractivity contribution in [3.63, 3.8) is 0 Å². The van der Waals surface area contributed by atoms with Crippen molar-refractivity contribution >= 4 is 23.1 Å². The van der Waals surface area contributed by atoms with Crippen molar-refractivity contribution in [1.29, 1.82) is 0 Å². The molecule has 0 unspecified atom stereocenters. The smallest absolute Gasteiger partial charge is 0.272 e. The zero-order chi connectivity index (χ0) is 22.0. The maximum absolute atomic E-state index is 13.0. The van der Waals surface area contributed by atoms with Crippen molar-refractivity contribution in [2.45, 2.75) is 19.9 Å². The van der Waals surface area contributed by atoms with E-state index in [4.69, 9.17) is 4.74 Å². The molecule has 0 saturated heterocycles. The Kier molecular flexibility index (Phi) is 5.66. The van der Waals surface area contributed by atoms with Gasteiger partial charge in [-0.1, -0.05) is 18.2 Å². The molecule has 0 fully saturated rings. The van der Waals surface area contributed by atoms with Crippen LogP contribution in [0.4, 0.5) is 20.2 Å². The van der Waals surface area contributed by atoms with Crippen molar-refractivity contribution < 1.29 is 23.1 Å². The third-order valence-corrected chi connectivity index (χ3v) is 4.95. The van der Waals surface area contributed by atoms with Crippen LogP contribution >= 0.6 is 0 Å². The van der Waals surface area contributed by atoms with Crippen molar-refractivity contribution in [2.24, 2.45) is 0 Å². The monoisotopic (exact) mass is 426 g/mol. The highest BCUT2D eigenvalue weighted by atomic mass is 19.3. The molecule has 0 spiro atoms. The number of para-hydroxylation sites is 1. The largest absolute Gasteiger partial charge is 0.485 e. The van der Waals surface area contributed by atoms with Crippen LogP contribution in [0.1, 0.15) is 23.0 Å². The molecule has 160 valence electrons. The molecule has 1 aliphatic rings. The Morgan fingerprint density at radius 1 is 1.26 bits per heavy atom. The second-order valence-electron chi connectivity index (χ2n) is 7.09.